The Morgan fingerprint density at radius 3 is 2.88 bits per heavy atom. The molecule has 1 saturated heterocycles. The highest BCUT2D eigenvalue weighted by atomic mass is 16.5. The molecule has 2 N–H and O–H groups in total. The Morgan fingerprint density at radius 1 is 1.44 bits per heavy atom. The second-order valence-electron chi connectivity index (χ2n) is 4.72. The molecule has 3 atom stereocenters. The van der Waals surface area contributed by atoms with E-state index >= 15 is 0 Å². The number of methoxy groups -OCH3 is 2. The number of rotatable bonds is 7. The lowest BCUT2D eigenvalue weighted by Gasteiger charge is -2.28. The van der Waals surface area contributed by atoms with Gasteiger partial charge in [0.05, 0.1) is 12.7 Å². The van der Waals surface area contributed by atoms with E-state index in [9.17, 15) is 0 Å². The summed E-state index contributed by atoms with van der Waals surface area (Å²) in [6.45, 7) is 6.04. The largest absolute Gasteiger partial charge is 0.382 e. The first-order valence-corrected chi connectivity index (χ1v) is 6.22. The van der Waals surface area contributed by atoms with E-state index in [0.717, 1.165) is 25.6 Å². The van der Waals surface area contributed by atoms with Crippen LogP contribution in [0, 0.1) is 5.92 Å². The second-order valence-corrected chi connectivity index (χ2v) is 4.72. The van der Waals surface area contributed by atoms with Gasteiger partial charge in [0.2, 0.25) is 0 Å². The number of nitrogens with one attached hydrogen (secondary N) is 2. The molecule has 0 aromatic heterocycles. The smallest absolute Gasteiger partial charge is 0.0928 e. The van der Waals surface area contributed by atoms with Crippen LogP contribution in [0.15, 0.2) is 0 Å². The van der Waals surface area contributed by atoms with Crippen LogP contribution >= 0.6 is 0 Å². The number of hydrogen-bond acceptors (Lipinski definition) is 4. The predicted molar refractivity (Wildman–Crippen MR) is 65.7 cm³/mol. The van der Waals surface area contributed by atoms with Gasteiger partial charge in [-0.15, -0.1) is 0 Å². The monoisotopic (exact) mass is 230 g/mol. The summed E-state index contributed by atoms with van der Waals surface area (Å²) in [4.78, 5) is 0. The summed E-state index contributed by atoms with van der Waals surface area (Å²) in [5, 5.41) is 6.95. The molecule has 1 heterocycles. The summed E-state index contributed by atoms with van der Waals surface area (Å²) in [7, 11) is 3.44. The van der Waals surface area contributed by atoms with Gasteiger partial charge in [-0.25, -0.2) is 0 Å². The van der Waals surface area contributed by atoms with Gasteiger partial charge in [0.25, 0.3) is 0 Å². The van der Waals surface area contributed by atoms with E-state index < -0.39 is 0 Å². The first-order chi connectivity index (χ1) is 7.76. The molecule has 0 aromatic carbocycles. The minimum Gasteiger partial charge on any atom is -0.382 e. The van der Waals surface area contributed by atoms with Gasteiger partial charge in [-0.2, -0.15) is 0 Å². The lowest BCUT2D eigenvalue weighted by atomic mass is 9.93. The average molecular weight is 230 g/mol. The lowest BCUT2D eigenvalue weighted by Crippen LogP contribution is -2.41. The van der Waals surface area contributed by atoms with Crippen LogP contribution in [-0.2, 0) is 9.47 Å². The summed E-state index contributed by atoms with van der Waals surface area (Å²) in [6.07, 6.45) is 2.72. The fraction of sp³-hybridized carbons (Fsp3) is 1.00. The first-order valence-electron chi connectivity index (χ1n) is 6.22. The Bertz CT molecular complexity index is 178. The molecule has 1 rings (SSSR count). The maximum Gasteiger partial charge on any atom is 0.0928 e. The van der Waals surface area contributed by atoms with Crippen molar-refractivity contribution in [3.63, 3.8) is 0 Å². The zero-order valence-electron chi connectivity index (χ0n) is 10.8. The zero-order chi connectivity index (χ0) is 11.8. The van der Waals surface area contributed by atoms with Gasteiger partial charge >= 0.3 is 0 Å². The Labute approximate surface area is 99.1 Å². The van der Waals surface area contributed by atoms with E-state index in [-0.39, 0.29) is 6.10 Å². The normalized spacial score (nSPS) is 27.9. The molecule has 3 unspecified atom stereocenters. The molecule has 0 spiro atoms. The van der Waals surface area contributed by atoms with E-state index in [2.05, 4.69) is 17.6 Å². The first kappa shape index (κ1) is 13.9. The van der Waals surface area contributed by atoms with E-state index in [1.165, 1.54) is 12.8 Å². The maximum absolute atomic E-state index is 5.30. The van der Waals surface area contributed by atoms with Crippen LogP contribution in [0.4, 0.5) is 0 Å². The summed E-state index contributed by atoms with van der Waals surface area (Å²) < 4.78 is 10.4. The highest BCUT2D eigenvalue weighted by Gasteiger charge is 2.18. The Balaban J connectivity index is 2.09. The van der Waals surface area contributed by atoms with Gasteiger partial charge < -0.3 is 20.1 Å². The summed E-state index contributed by atoms with van der Waals surface area (Å²) in [5.41, 5.74) is 0. The molecule has 4 heteroatoms. The van der Waals surface area contributed by atoms with Crippen LogP contribution in [0.1, 0.15) is 19.8 Å². The van der Waals surface area contributed by atoms with Crippen molar-refractivity contribution in [1.82, 2.24) is 10.6 Å². The summed E-state index contributed by atoms with van der Waals surface area (Å²) >= 11 is 0. The van der Waals surface area contributed by atoms with Crippen molar-refractivity contribution in [3.8, 4) is 0 Å². The van der Waals surface area contributed by atoms with E-state index in [4.69, 9.17) is 9.47 Å². The van der Waals surface area contributed by atoms with E-state index in [1.54, 1.807) is 14.2 Å². The fourth-order valence-corrected chi connectivity index (χ4v) is 2.27. The maximum atomic E-state index is 5.30. The van der Waals surface area contributed by atoms with Crippen LogP contribution < -0.4 is 10.6 Å². The van der Waals surface area contributed by atoms with Gasteiger partial charge in [0.15, 0.2) is 0 Å². The van der Waals surface area contributed by atoms with Crippen molar-refractivity contribution >= 4 is 0 Å². The van der Waals surface area contributed by atoms with Crippen molar-refractivity contribution in [2.45, 2.75) is 31.9 Å². The van der Waals surface area contributed by atoms with Gasteiger partial charge in [-0.3, -0.25) is 0 Å². The minimum atomic E-state index is 0.170. The van der Waals surface area contributed by atoms with Gasteiger partial charge in [-0.05, 0) is 38.8 Å². The minimum absolute atomic E-state index is 0.170. The SMILES string of the molecule is COCC(CNCC1CCNC(C)C1)OC. The third kappa shape index (κ3) is 5.25. The summed E-state index contributed by atoms with van der Waals surface area (Å²) in [5.74, 6) is 0.802. The Hall–Kier alpha value is -0.160. The van der Waals surface area contributed by atoms with Crippen LogP contribution in [0.25, 0.3) is 0 Å². The fourth-order valence-electron chi connectivity index (χ4n) is 2.27. The number of ether oxygens (including phenoxy) is 2. The molecule has 16 heavy (non-hydrogen) atoms. The molecule has 0 saturated carbocycles. The summed E-state index contributed by atoms with van der Waals surface area (Å²) in [6, 6.07) is 0.665. The molecular formula is C12H26N2O2. The van der Waals surface area contributed by atoms with Crippen LogP contribution in [0.2, 0.25) is 0 Å². The van der Waals surface area contributed by atoms with Gasteiger partial charge in [0, 0.05) is 26.8 Å². The molecule has 1 aliphatic rings. The average Bonchev–Trinajstić information content (AvgIpc) is 2.28. The molecule has 0 aromatic rings. The third-order valence-corrected chi connectivity index (χ3v) is 3.22. The predicted octanol–water partition coefficient (Wildman–Crippen LogP) is 0.626. The third-order valence-electron chi connectivity index (χ3n) is 3.22. The van der Waals surface area contributed by atoms with Crippen molar-refractivity contribution in [2.75, 3.05) is 40.5 Å². The molecule has 1 fully saturated rings. The van der Waals surface area contributed by atoms with Crippen molar-refractivity contribution in [1.29, 1.82) is 0 Å². The topological polar surface area (TPSA) is 42.5 Å². The van der Waals surface area contributed by atoms with E-state index in [0.29, 0.717) is 12.6 Å². The van der Waals surface area contributed by atoms with E-state index in [1.807, 2.05) is 0 Å². The molecule has 1 aliphatic heterocycles. The standard InChI is InChI=1S/C12H26N2O2/c1-10-6-11(4-5-14-10)7-13-8-12(16-3)9-15-2/h10-14H,4-9H2,1-3H3. The van der Waals surface area contributed by atoms with Crippen molar-refractivity contribution in [3.05, 3.63) is 0 Å². The van der Waals surface area contributed by atoms with Crippen LogP contribution in [-0.4, -0.2) is 52.6 Å². The molecule has 0 aliphatic carbocycles. The molecule has 4 nitrogen and oxygen atoms in total. The highest BCUT2D eigenvalue weighted by molar-refractivity contribution is 4.76. The molecular weight excluding hydrogens is 204 g/mol. The quantitative estimate of drug-likeness (QED) is 0.673. The number of hydrogen-bond donors (Lipinski definition) is 2. The number of piperidine rings is 1. The zero-order valence-corrected chi connectivity index (χ0v) is 10.8. The highest BCUT2D eigenvalue weighted by Crippen LogP contribution is 2.14. The van der Waals surface area contributed by atoms with Gasteiger partial charge in [0.1, 0.15) is 0 Å². The second kappa shape index (κ2) is 8.01. The molecule has 0 radical (unpaired) electrons. The molecule has 96 valence electrons. The molecule has 0 amide bonds. The van der Waals surface area contributed by atoms with Crippen molar-refractivity contribution in [2.24, 2.45) is 5.92 Å². The van der Waals surface area contributed by atoms with Gasteiger partial charge in [-0.1, -0.05) is 0 Å². The van der Waals surface area contributed by atoms with Crippen molar-refractivity contribution < 1.29 is 9.47 Å². The van der Waals surface area contributed by atoms with Crippen LogP contribution in [0.3, 0.4) is 0 Å². The van der Waals surface area contributed by atoms with Crippen LogP contribution in [0.5, 0.6) is 0 Å². The molecule has 0 bridgehead atoms. The lowest BCUT2D eigenvalue weighted by molar-refractivity contribution is 0.0282. The Kier molecular flexibility index (Phi) is 6.96. The Morgan fingerprint density at radius 2 is 2.25 bits per heavy atom.